The van der Waals surface area contributed by atoms with Crippen molar-refractivity contribution < 1.29 is 9.67 Å². The average molecular weight is 278 g/mol. The van der Waals surface area contributed by atoms with Crippen molar-refractivity contribution in [1.29, 1.82) is 0 Å². The lowest BCUT2D eigenvalue weighted by molar-refractivity contribution is -0.697. The van der Waals surface area contributed by atoms with E-state index in [0.29, 0.717) is 0 Å². The first-order valence-corrected chi connectivity index (χ1v) is 8.45. The van der Waals surface area contributed by atoms with Crippen LogP contribution < -0.4 is 4.57 Å². The minimum Gasteiger partial charge on any atom is -0.391 e. The van der Waals surface area contributed by atoms with Crippen LogP contribution in [-0.2, 0) is 13.2 Å². The van der Waals surface area contributed by atoms with Crippen molar-refractivity contribution in [1.82, 2.24) is 0 Å². The monoisotopic (exact) mass is 278 g/mol. The Bertz CT molecular complexity index is 338. The lowest BCUT2D eigenvalue weighted by Crippen LogP contribution is -2.33. The molecule has 20 heavy (non-hydrogen) atoms. The summed E-state index contributed by atoms with van der Waals surface area (Å²) in [5, 5.41) is 9.09. The standard InChI is InChI=1S/C18H32NO/c1-2-3-4-5-6-7-8-9-10-11-14-19-15-12-13-18(16-19)17-20/h12-13,15-16,20H,2-11,14,17H2,1H3/q+1. The summed E-state index contributed by atoms with van der Waals surface area (Å²) in [5.74, 6) is 0. The zero-order chi connectivity index (χ0) is 14.5. The molecule has 0 amide bonds. The molecule has 0 aliphatic carbocycles. The van der Waals surface area contributed by atoms with Crippen molar-refractivity contribution >= 4 is 0 Å². The maximum atomic E-state index is 9.09. The van der Waals surface area contributed by atoms with Gasteiger partial charge in [-0.1, -0.05) is 58.3 Å². The van der Waals surface area contributed by atoms with Gasteiger partial charge in [-0.2, -0.15) is 0 Å². The van der Waals surface area contributed by atoms with Gasteiger partial charge in [-0.15, -0.1) is 0 Å². The van der Waals surface area contributed by atoms with Crippen LogP contribution in [0.25, 0.3) is 0 Å². The van der Waals surface area contributed by atoms with Crippen molar-refractivity contribution in [2.45, 2.75) is 84.3 Å². The largest absolute Gasteiger partial charge is 0.391 e. The molecule has 1 N–H and O–H groups in total. The first kappa shape index (κ1) is 17.2. The second-order valence-electron chi connectivity index (χ2n) is 5.79. The summed E-state index contributed by atoms with van der Waals surface area (Å²) >= 11 is 0. The van der Waals surface area contributed by atoms with Crippen LogP contribution in [0.2, 0.25) is 0 Å². The van der Waals surface area contributed by atoms with Gasteiger partial charge in [0.15, 0.2) is 12.4 Å². The van der Waals surface area contributed by atoms with E-state index in [1.807, 2.05) is 18.3 Å². The van der Waals surface area contributed by atoms with Crippen LogP contribution in [0.1, 0.15) is 76.7 Å². The number of unbranched alkanes of at least 4 members (excludes halogenated alkanes) is 9. The first-order valence-electron chi connectivity index (χ1n) is 8.45. The number of aliphatic hydroxyl groups is 1. The fourth-order valence-electron chi connectivity index (χ4n) is 2.59. The lowest BCUT2D eigenvalue weighted by atomic mass is 10.1. The molecule has 0 unspecified atom stereocenters. The van der Waals surface area contributed by atoms with E-state index in [0.717, 1.165) is 12.1 Å². The zero-order valence-electron chi connectivity index (χ0n) is 13.2. The van der Waals surface area contributed by atoms with Gasteiger partial charge in [0.1, 0.15) is 6.54 Å². The number of aliphatic hydroxyl groups excluding tert-OH is 1. The molecule has 0 spiro atoms. The number of nitrogens with zero attached hydrogens (tertiary/aromatic N) is 1. The molecule has 2 nitrogen and oxygen atoms in total. The van der Waals surface area contributed by atoms with Crippen LogP contribution >= 0.6 is 0 Å². The molecule has 0 aliphatic heterocycles. The Labute approximate surface area is 124 Å². The number of hydrogen-bond donors (Lipinski definition) is 1. The normalized spacial score (nSPS) is 10.9. The summed E-state index contributed by atoms with van der Waals surface area (Å²) in [4.78, 5) is 0. The van der Waals surface area contributed by atoms with E-state index >= 15 is 0 Å². The zero-order valence-corrected chi connectivity index (χ0v) is 13.2. The van der Waals surface area contributed by atoms with E-state index in [-0.39, 0.29) is 6.61 Å². The lowest BCUT2D eigenvalue weighted by Gasteiger charge is -2.02. The van der Waals surface area contributed by atoms with Gasteiger partial charge in [0.25, 0.3) is 0 Å². The number of rotatable bonds is 12. The predicted octanol–water partition coefficient (Wildman–Crippen LogP) is 4.39. The van der Waals surface area contributed by atoms with E-state index in [2.05, 4.69) is 17.7 Å². The third-order valence-corrected chi connectivity index (χ3v) is 3.87. The molecule has 1 heterocycles. The fourth-order valence-corrected chi connectivity index (χ4v) is 2.59. The van der Waals surface area contributed by atoms with Crippen molar-refractivity contribution in [2.75, 3.05) is 0 Å². The van der Waals surface area contributed by atoms with Crippen LogP contribution in [0, 0.1) is 0 Å². The Kier molecular flexibility index (Phi) is 10.2. The van der Waals surface area contributed by atoms with Crippen molar-refractivity contribution in [2.24, 2.45) is 0 Å². The van der Waals surface area contributed by atoms with Crippen molar-refractivity contribution in [3.8, 4) is 0 Å². The summed E-state index contributed by atoms with van der Waals surface area (Å²) in [6.07, 6.45) is 17.9. The van der Waals surface area contributed by atoms with E-state index in [4.69, 9.17) is 5.11 Å². The topological polar surface area (TPSA) is 24.1 Å². The highest BCUT2D eigenvalue weighted by Crippen LogP contribution is 2.10. The third-order valence-electron chi connectivity index (χ3n) is 3.87. The summed E-state index contributed by atoms with van der Waals surface area (Å²) in [6, 6.07) is 3.98. The van der Waals surface area contributed by atoms with Crippen LogP contribution in [0.3, 0.4) is 0 Å². The van der Waals surface area contributed by atoms with E-state index in [9.17, 15) is 0 Å². The number of aromatic nitrogens is 1. The smallest absolute Gasteiger partial charge is 0.174 e. The Morgan fingerprint density at radius 3 is 2.10 bits per heavy atom. The fraction of sp³-hybridized carbons (Fsp3) is 0.722. The van der Waals surface area contributed by atoms with Crippen molar-refractivity contribution in [3.05, 3.63) is 30.1 Å². The van der Waals surface area contributed by atoms with Gasteiger partial charge in [-0.05, 0) is 12.5 Å². The highest BCUT2D eigenvalue weighted by molar-refractivity contribution is 5.02. The second-order valence-corrected chi connectivity index (χ2v) is 5.79. The molecule has 0 bridgehead atoms. The van der Waals surface area contributed by atoms with E-state index < -0.39 is 0 Å². The van der Waals surface area contributed by atoms with Gasteiger partial charge in [0, 0.05) is 18.1 Å². The van der Waals surface area contributed by atoms with Crippen LogP contribution in [0.4, 0.5) is 0 Å². The van der Waals surface area contributed by atoms with Gasteiger partial charge in [-0.3, -0.25) is 0 Å². The molecule has 1 aromatic rings. The van der Waals surface area contributed by atoms with E-state index in [1.54, 1.807) is 0 Å². The van der Waals surface area contributed by atoms with Crippen LogP contribution in [0.15, 0.2) is 24.5 Å². The van der Waals surface area contributed by atoms with Gasteiger partial charge in [-0.25, -0.2) is 4.57 Å². The molecule has 1 aromatic heterocycles. The second kappa shape index (κ2) is 11.9. The highest BCUT2D eigenvalue weighted by atomic mass is 16.3. The quantitative estimate of drug-likeness (QED) is 0.445. The molecule has 0 aliphatic rings. The SMILES string of the molecule is CCCCCCCCCCCC[n+]1cccc(CO)c1. The maximum absolute atomic E-state index is 9.09. The molecule has 0 aromatic carbocycles. The predicted molar refractivity (Wildman–Crippen MR) is 84.4 cm³/mol. The minimum atomic E-state index is 0.138. The third kappa shape index (κ3) is 8.31. The van der Waals surface area contributed by atoms with Gasteiger partial charge in [0.2, 0.25) is 0 Å². The number of pyridine rings is 1. The Hall–Kier alpha value is -0.890. The minimum absolute atomic E-state index is 0.138. The number of hydrogen-bond acceptors (Lipinski definition) is 1. The highest BCUT2D eigenvalue weighted by Gasteiger charge is 2.01. The molecule has 0 fully saturated rings. The Morgan fingerprint density at radius 1 is 0.900 bits per heavy atom. The first-order chi connectivity index (χ1) is 9.86. The van der Waals surface area contributed by atoms with Crippen LogP contribution in [0.5, 0.6) is 0 Å². The molecule has 0 saturated carbocycles. The van der Waals surface area contributed by atoms with Gasteiger partial charge < -0.3 is 5.11 Å². The maximum Gasteiger partial charge on any atom is 0.174 e. The van der Waals surface area contributed by atoms with E-state index in [1.165, 1.54) is 64.2 Å². The Balaban J connectivity index is 1.94. The summed E-state index contributed by atoms with van der Waals surface area (Å²) < 4.78 is 2.19. The van der Waals surface area contributed by atoms with Crippen molar-refractivity contribution in [3.63, 3.8) is 0 Å². The van der Waals surface area contributed by atoms with Gasteiger partial charge in [0.05, 0.1) is 6.61 Å². The molecule has 0 radical (unpaired) electrons. The summed E-state index contributed by atoms with van der Waals surface area (Å²) in [7, 11) is 0. The molecule has 114 valence electrons. The number of aryl methyl sites for hydroxylation is 1. The van der Waals surface area contributed by atoms with Crippen LogP contribution in [-0.4, -0.2) is 5.11 Å². The molecule has 1 rings (SSSR count). The summed E-state index contributed by atoms with van der Waals surface area (Å²) in [5.41, 5.74) is 1.000. The molecular weight excluding hydrogens is 246 g/mol. The average Bonchev–Trinajstić information content (AvgIpc) is 2.49. The van der Waals surface area contributed by atoms with Gasteiger partial charge >= 0.3 is 0 Å². The molecule has 0 saturated heterocycles. The molecular formula is C18H32NO+. The molecule has 0 atom stereocenters. The molecule has 2 heteroatoms. The Morgan fingerprint density at radius 2 is 1.50 bits per heavy atom. The summed E-state index contributed by atoms with van der Waals surface area (Å²) in [6.45, 7) is 3.48.